The van der Waals surface area contributed by atoms with Crippen LogP contribution in [0.3, 0.4) is 0 Å². The van der Waals surface area contributed by atoms with Crippen LogP contribution in [0.15, 0.2) is 36.7 Å². The minimum absolute atomic E-state index is 0.0233. The molecule has 0 fully saturated rings. The number of carbonyl (C=O) groups excluding carboxylic acids is 2. The van der Waals surface area contributed by atoms with Crippen LogP contribution in [0.5, 0.6) is 0 Å². The van der Waals surface area contributed by atoms with Gasteiger partial charge in [0, 0.05) is 24.1 Å². The van der Waals surface area contributed by atoms with Gasteiger partial charge >= 0.3 is 0 Å². The minimum Gasteiger partial charge on any atom is -0.350 e. The number of carbonyl (C=O) groups is 2. The number of aryl methyl sites for hydroxylation is 2. The van der Waals surface area contributed by atoms with Crippen LogP contribution in [0.25, 0.3) is 0 Å². The van der Waals surface area contributed by atoms with Crippen LogP contribution in [-0.2, 0) is 0 Å². The molecule has 0 aliphatic carbocycles. The summed E-state index contributed by atoms with van der Waals surface area (Å²) >= 11 is 0. The van der Waals surface area contributed by atoms with Gasteiger partial charge in [-0.25, -0.2) is 0 Å². The van der Waals surface area contributed by atoms with Gasteiger partial charge in [-0.2, -0.15) is 0 Å². The number of nitrogens with zero attached hydrogens (tertiary/aromatic N) is 1. The Kier molecular flexibility index (Phi) is 5.11. The van der Waals surface area contributed by atoms with Gasteiger partial charge in [0.05, 0.1) is 11.1 Å². The highest BCUT2D eigenvalue weighted by molar-refractivity contribution is 6.06. The maximum Gasteiger partial charge on any atom is 0.257 e. The maximum atomic E-state index is 12.4. The SMILES string of the molecule is Cc1ccc(NC(=O)c2cncc(C(=O)NC(C)C)c2)c(C)c1. The molecular formula is C18H21N3O2. The summed E-state index contributed by atoms with van der Waals surface area (Å²) in [6.45, 7) is 7.69. The summed E-state index contributed by atoms with van der Waals surface area (Å²) in [5.41, 5.74) is 3.58. The van der Waals surface area contributed by atoms with E-state index in [1.54, 1.807) is 6.07 Å². The van der Waals surface area contributed by atoms with Gasteiger partial charge in [-0.1, -0.05) is 17.7 Å². The molecule has 120 valence electrons. The van der Waals surface area contributed by atoms with Crippen LogP contribution in [0.1, 0.15) is 45.7 Å². The molecule has 0 aliphatic rings. The number of anilines is 1. The predicted molar refractivity (Wildman–Crippen MR) is 90.7 cm³/mol. The van der Waals surface area contributed by atoms with Crippen molar-refractivity contribution in [3.8, 4) is 0 Å². The molecule has 1 aromatic heterocycles. The van der Waals surface area contributed by atoms with E-state index >= 15 is 0 Å². The first-order valence-corrected chi connectivity index (χ1v) is 7.51. The van der Waals surface area contributed by atoms with Gasteiger partial charge in [0.2, 0.25) is 0 Å². The summed E-state index contributed by atoms with van der Waals surface area (Å²) in [6, 6.07) is 7.37. The molecule has 2 N–H and O–H groups in total. The third-order valence-corrected chi connectivity index (χ3v) is 3.31. The van der Waals surface area contributed by atoms with E-state index in [0.29, 0.717) is 11.1 Å². The van der Waals surface area contributed by atoms with Crippen molar-refractivity contribution in [2.24, 2.45) is 0 Å². The summed E-state index contributed by atoms with van der Waals surface area (Å²) in [6.07, 6.45) is 2.90. The second-order valence-corrected chi connectivity index (χ2v) is 5.86. The number of aromatic nitrogens is 1. The highest BCUT2D eigenvalue weighted by Crippen LogP contribution is 2.17. The van der Waals surface area contributed by atoms with Crippen LogP contribution in [0.2, 0.25) is 0 Å². The summed E-state index contributed by atoms with van der Waals surface area (Å²) in [5.74, 6) is -0.530. The summed E-state index contributed by atoms with van der Waals surface area (Å²) < 4.78 is 0. The zero-order chi connectivity index (χ0) is 17.0. The fourth-order valence-electron chi connectivity index (χ4n) is 2.18. The van der Waals surface area contributed by atoms with Crippen molar-refractivity contribution in [1.82, 2.24) is 10.3 Å². The van der Waals surface area contributed by atoms with E-state index in [4.69, 9.17) is 0 Å². The highest BCUT2D eigenvalue weighted by Gasteiger charge is 2.13. The molecule has 1 heterocycles. The van der Waals surface area contributed by atoms with Crippen LogP contribution in [-0.4, -0.2) is 22.8 Å². The van der Waals surface area contributed by atoms with Crippen molar-refractivity contribution in [1.29, 1.82) is 0 Å². The minimum atomic E-state index is -0.288. The molecule has 0 atom stereocenters. The first-order chi connectivity index (χ1) is 10.9. The summed E-state index contributed by atoms with van der Waals surface area (Å²) in [7, 11) is 0. The molecule has 0 saturated carbocycles. The normalized spacial score (nSPS) is 10.5. The van der Waals surface area contributed by atoms with Crippen molar-refractivity contribution >= 4 is 17.5 Å². The average molecular weight is 311 g/mol. The smallest absolute Gasteiger partial charge is 0.257 e. The largest absolute Gasteiger partial charge is 0.350 e. The Labute approximate surface area is 136 Å². The summed E-state index contributed by atoms with van der Waals surface area (Å²) in [5, 5.41) is 5.63. The van der Waals surface area contributed by atoms with Gasteiger partial charge in [-0.15, -0.1) is 0 Å². The van der Waals surface area contributed by atoms with Gasteiger partial charge in [0.15, 0.2) is 0 Å². The molecule has 0 unspecified atom stereocenters. The molecule has 1 aromatic carbocycles. The van der Waals surface area contributed by atoms with E-state index in [0.717, 1.165) is 16.8 Å². The highest BCUT2D eigenvalue weighted by atomic mass is 16.2. The third kappa shape index (κ3) is 4.39. The Morgan fingerprint density at radius 3 is 2.26 bits per heavy atom. The van der Waals surface area contributed by atoms with E-state index < -0.39 is 0 Å². The lowest BCUT2D eigenvalue weighted by Crippen LogP contribution is -2.30. The first kappa shape index (κ1) is 16.7. The van der Waals surface area contributed by atoms with Crippen molar-refractivity contribution in [3.63, 3.8) is 0 Å². The average Bonchev–Trinajstić information content (AvgIpc) is 2.49. The van der Waals surface area contributed by atoms with Gasteiger partial charge in [-0.05, 0) is 45.4 Å². The number of hydrogen-bond donors (Lipinski definition) is 2. The van der Waals surface area contributed by atoms with Crippen molar-refractivity contribution < 1.29 is 9.59 Å². The van der Waals surface area contributed by atoms with Gasteiger partial charge in [-0.3, -0.25) is 14.6 Å². The first-order valence-electron chi connectivity index (χ1n) is 7.51. The molecule has 0 bridgehead atoms. The lowest BCUT2D eigenvalue weighted by Gasteiger charge is -2.11. The lowest BCUT2D eigenvalue weighted by molar-refractivity contribution is 0.0942. The Hall–Kier alpha value is -2.69. The van der Waals surface area contributed by atoms with E-state index in [1.165, 1.54) is 12.4 Å². The van der Waals surface area contributed by atoms with Crippen molar-refractivity contribution in [2.45, 2.75) is 33.7 Å². The lowest BCUT2D eigenvalue weighted by atomic mass is 10.1. The third-order valence-electron chi connectivity index (χ3n) is 3.31. The Bertz CT molecular complexity index is 739. The van der Waals surface area contributed by atoms with Crippen LogP contribution < -0.4 is 10.6 Å². The fraction of sp³-hybridized carbons (Fsp3) is 0.278. The van der Waals surface area contributed by atoms with Crippen LogP contribution >= 0.6 is 0 Å². The van der Waals surface area contributed by atoms with Crippen molar-refractivity contribution in [2.75, 3.05) is 5.32 Å². The molecular weight excluding hydrogens is 290 g/mol. The molecule has 0 saturated heterocycles. The van der Waals surface area contributed by atoms with Crippen LogP contribution in [0, 0.1) is 13.8 Å². The Morgan fingerprint density at radius 1 is 1.00 bits per heavy atom. The molecule has 5 heteroatoms. The van der Waals surface area contributed by atoms with Gasteiger partial charge in [0.1, 0.15) is 0 Å². The molecule has 2 aromatic rings. The zero-order valence-electron chi connectivity index (χ0n) is 13.8. The number of pyridine rings is 1. The molecule has 23 heavy (non-hydrogen) atoms. The number of nitrogens with one attached hydrogen (secondary N) is 2. The summed E-state index contributed by atoms with van der Waals surface area (Å²) in [4.78, 5) is 28.4. The number of amides is 2. The van der Waals surface area contributed by atoms with E-state index in [9.17, 15) is 9.59 Å². The predicted octanol–water partition coefficient (Wildman–Crippen LogP) is 3.09. The molecule has 0 radical (unpaired) electrons. The van der Waals surface area contributed by atoms with E-state index in [1.807, 2.05) is 45.9 Å². The number of hydrogen-bond acceptors (Lipinski definition) is 3. The standard InChI is InChI=1S/C18H21N3O2/c1-11(2)20-17(22)14-8-15(10-19-9-14)18(23)21-16-6-5-12(3)7-13(16)4/h5-11H,1-4H3,(H,20,22)(H,21,23). The molecule has 0 aliphatic heterocycles. The zero-order valence-corrected chi connectivity index (χ0v) is 13.8. The molecule has 2 rings (SSSR count). The molecule has 2 amide bonds. The second-order valence-electron chi connectivity index (χ2n) is 5.86. The van der Waals surface area contributed by atoms with Gasteiger partial charge in [0.25, 0.3) is 11.8 Å². The topological polar surface area (TPSA) is 71.1 Å². The Balaban J connectivity index is 2.18. The number of benzene rings is 1. The van der Waals surface area contributed by atoms with E-state index in [-0.39, 0.29) is 17.9 Å². The molecule has 0 spiro atoms. The Morgan fingerprint density at radius 2 is 1.65 bits per heavy atom. The van der Waals surface area contributed by atoms with Crippen molar-refractivity contribution in [3.05, 3.63) is 58.9 Å². The molecule has 5 nitrogen and oxygen atoms in total. The maximum absolute atomic E-state index is 12.4. The quantitative estimate of drug-likeness (QED) is 0.911. The van der Waals surface area contributed by atoms with Gasteiger partial charge < -0.3 is 10.6 Å². The van der Waals surface area contributed by atoms with Crippen LogP contribution in [0.4, 0.5) is 5.69 Å². The second kappa shape index (κ2) is 7.05. The fourth-order valence-corrected chi connectivity index (χ4v) is 2.18. The monoisotopic (exact) mass is 311 g/mol. The van der Waals surface area contributed by atoms with E-state index in [2.05, 4.69) is 15.6 Å². The number of rotatable bonds is 4.